The minimum absolute atomic E-state index is 0.00569. The SMILES string of the molecule is CNc1nc(Cl)nc(C(C)F)n1. The molecule has 0 saturated carbocycles. The fraction of sp³-hybridized carbons (Fsp3) is 0.500. The second-order valence-electron chi connectivity index (χ2n) is 2.15. The van der Waals surface area contributed by atoms with Crippen molar-refractivity contribution in [3.63, 3.8) is 0 Å². The molecule has 66 valence electrons. The van der Waals surface area contributed by atoms with Crippen LogP contribution in [0.2, 0.25) is 5.28 Å². The minimum atomic E-state index is -1.24. The van der Waals surface area contributed by atoms with Gasteiger partial charge in [0.05, 0.1) is 0 Å². The van der Waals surface area contributed by atoms with Crippen LogP contribution in [-0.4, -0.2) is 22.0 Å². The van der Waals surface area contributed by atoms with Gasteiger partial charge in [0.15, 0.2) is 12.0 Å². The first-order valence-electron chi connectivity index (χ1n) is 3.36. The molecule has 0 fully saturated rings. The number of anilines is 1. The highest BCUT2D eigenvalue weighted by atomic mass is 35.5. The summed E-state index contributed by atoms with van der Waals surface area (Å²) in [7, 11) is 1.62. The van der Waals surface area contributed by atoms with Crippen LogP contribution in [0.15, 0.2) is 0 Å². The molecule has 0 bridgehead atoms. The summed E-state index contributed by atoms with van der Waals surface area (Å²) < 4.78 is 12.7. The fourth-order valence-electron chi connectivity index (χ4n) is 0.655. The zero-order valence-corrected chi connectivity index (χ0v) is 7.43. The van der Waals surface area contributed by atoms with Gasteiger partial charge < -0.3 is 5.32 Å². The number of halogens is 2. The largest absolute Gasteiger partial charge is 0.357 e. The van der Waals surface area contributed by atoms with Crippen LogP contribution in [0.4, 0.5) is 10.3 Å². The van der Waals surface area contributed by atoms with Crippen LogP contribution in [0.3, 0.4) is 0 Å². The second-order valence-corrected chi connectivity index (χ2v) is 2.49. The van der Waals surface area contributed by atoms with Gasteiger partial charge in [0.25, 0.3) is 0 Å². The maximum Gasteiger partial charge on any atom is 0.227 e. The Kier molecular flexibility index (Phi) is 2.75. The summed E-state index contributed by atoms with van der Waals surface area (Å²) in [6.45, 7) is 1.34. The third kappa shape index (κ3) is 2.01. The lowest BCUT2D eigenvalue weighted by atomic mass is 10.4. The minimum Gasteiger partial charge on any atom is -0.357 e. The van der Waals surface area contributed by atoms with E-state index in [2.05, 4.69) is 20.3 Å². The summed E-state index contributed by atoms with van der Waals surface area (Å²) in [6.07, 6.45) is -1.24. The highest BCUT2D eigenvalue weighted by Gasteiger charge is 2.09. The van der Waals surface area contributed by atoms with Crippen LogP contribution in [0.1, 0.15) is 18.9 Å². The average Bonchev–Trinajstić information content (AvgIpc) is 2.03. The van der Waals surface area contributed by atoms with E-state index in [0.29, 0.717) is 0 Å². The predicted molar refractivity (Wildman–Crippen MR) is 43.9 cm³/mol. The maximum atomic E-state index is 12.7. The molecule has 1 atom stereocenters. The lowest BCUT2D eigenvalue weighted by Crippen LogP contribution is -2.04. The van der Waals surface area contributed by atoms with Crippen molar-refractivity contribution < 1.29 is 4.39 Å². The molecule has 1 N–H and O–H groups in total. The molecule has 12 heavy (non-hydrogen) atoms. The van der Waals surface area contributed by atoms with E-state index in [4.69, 9.17) is 11.6 Å². The van der Waals surface area contributed by atoms with Crippen LogP contribution < -0.4 is 5.32 Å². The zero-order chi connectivity index (χ0) is 9.14. The summed E-state index contributed by atoms with van der Waals surface area (Å²) in [6, 6.07) is 0. The molecule has 1 heterocycles. The van der Waals surface area contributed by atoms with Gasteiger partial charge in [-0.15, -0.1) is 0 Å². The van der Waals surface area contributed by atoms with E-state index in [9.17, 15) is 4.39 Å². The van der Waals surface area contributed by atoms with E-state index in [1.165, 1.54) is 6.92 Å². The van der Waals surface area contributed by atoms with Gasteiger partial charge in [0.2, 0.25) is 11.2 Å². The fourth-order valence-corrected chi connectivity index (χ4v) is 0.822. The van der Waals surface area contributed by atoms with Gasteiger partial charge in [0.1, 0.15) is 0 Å². The standard InChI is InChI=1S/C6H8ClFN4/c1-3(8)4-10-5(7)12-6(9-2)11-4/h3H,1-2H3,(H,9,10,11,12). The van der Waals surface area contributed by atoms with E-state index < -0.39 is 6.17 Å². The summed E-state index contributed by atoms with van der Waals surface area (Å²) in [5.74, 6) is 0.314. The number of alkyl halides is 1. The van der Waals surface area contributed by atoms with E-state index in [1.807, 2.05) is 0 Å². The Morgan fingerprint density at radius 3 is 2.58 bits per heavy atom. The molecule has 1 unspecified atom stereocenters. The smallest absolute Gasteiger partial charge is 0.227 e. The Balaban J connectivity index is 3.06. The molecule has 1 aromatic rings. The number of hydrogen-bond donors (Lipinski definition) is 1. The lowest BCUT2D eigenvalue weighted by molar-refractivity contribution is 0.356. The molecule has 0 aromatic carbocycles. The first kappa shape index (κ1) is 9.12. The van der Waals surface area contributed by atoms with Crippen LogP contribution in [0.5, 0.6) is 0 Å². The molecular weight excluding hydrogens is 183 g/mol. The first-order valence-corrected chi connectivity index (χ1v) is 3.74. The summed E-state index contributed by atoms with van der Waals surface area (Å²) >= 11 is 5.50. The number of nitrogens with zero attached hydrogens (tertiary/aromatic N) is 3. The Hall–Kier alpha value is -0.970. The highest BCUT2D eigenvalue weighted by Crippen LogP contribution is 2.14. The van der Waals surface area contributed by atoms with Crippen molar-refractivity contribution in [1.29, 1.82) is 0 Å². The van der Waals surface area contributed by atoms with Crippen molar-refractivity contribution in [1.82, 2.24) is 15.0 Å². The quantitative estimate of drug-likeness (QED) is 0.770. The molecule has 0 saturated heterocycles. The summed E-state index contributed by atoms with van der Waals surface area (Å²) in [5.41, 5.74) is 0. The molecule has 4 nitrogen and oxygen atoms in total. The Morgan fingerprint density at radius 1 is 1.42 bits per heavy atom. The molecule has 0 aliphatic rings. The van der Waals surface area contributed by atoms with Crippen molar-refractivity contribution in [2.24, 2.45) is 0 Å². The van der Waals surface area contributed by atoms with Crippen molar-refractivity contribution in [3.8, 4) is 0 Å². The van der Waals surface area contributed by atoms with Gasteiger partial charge in [-0.3, -0.25) is 0 Å². The third-order valence-corrected chi connectivity index (χ3v) is 1.37. The summed E-state index contributed by atoms with van der Waals surface area (Å²) in [5, 5.41) is 2.64. The van der Waals surface area contributed by atoms with Crippen molar-refractivity contribution >= 4 is 17.5 Å². The monoisotopic (exact) mass is 190 g/mol. The number of nitrogens with one attached hydrogen (secondary N) is 1. The molecule has 0 amide bonds. The predicted octanol–water partition coefficient (Wildman–Crippen LogP) is 1.60. The van der Waals surface area contributed by atoms with Crippen molar-refractivity contribution in [3.05, 3.63) is 11.1 Å². The number of aromatic nitrogens is 3. The highest BCUT2D eigenvalue weighted by molar-refractivity contribution is 6.28. The van der Waals surface area contributed by atoms with Gasteiger partial charge in [-0.25, -0.2) is 4.39 Å². The first-order chi connectivity index (χ1) is 5.63. The van der Waals surface area contributed by atoms with Gasteiger partial charge in [-0.1, -0.05) is 0 Å². The van der Waals surface area contributed by atoms with E-state index in [1.54, 1.807) is 7.05 Å². The molecule has 1 rings (SSSR count). The Labute approximate surface area is 74.2 Å². The van der Waals surface area contributed by atoms with Crippen LogP contribution in [0.25, 0.3) is 0 Å². The van der Waals surface area contributed by atoms with E-state index in [0.717, 1.165) is 0 Å². The maximum absolute atomic E-state index is 12.7. The topological polar surface area (TPSA) is 50.7 Å². The van der Waals surface area contributed by atoms with Gasteiger partial charge >= 0.3 is 0 Å². The molecule has 6 heteroatoms. The van der Waals surface area contributed by atoms with Gasteiger partial charge in [0, 0.05) is 7.05 Å². The molecule has 0 spiro atoms. The molecule has 0 aliphatic heterocycles. The average molecular weight is 191 g/mol. The molecule has 0 aliphatic carbocycles. The Morgan fingerprint density at radius 2 is 2.08 bits per heavy atom. The zero-order valence-electron chi connectivity index (χ0n) is 6.67. The van der Waals surface area contributed by atoms with Gasteiger partial charge in [-0.2, -0.15) is 15.0 Å². The molecule has 0 radical (unpaired) electrons. The normalized spacial score (nSPS) is 12.7. The van der Waals surface area contributed by atoms with E-state index >= 15 is 0 Å². The molecule has 1 aromatic heterocycles. The van der Waals surface area contributed by atoms with Crippen molar-refractivity contribution in [2.45, 2.75) is 13.1 Å². The van der Waals surface area contributed by atoms with E-state index in [-0.39, 0.29) is 17.1 Å². The third-order valence-electron chi connectivity index (χ3n) is 1.20. The lowest BCUT2D eigenvalue weighted by Gasteiger charge is -2.02. The number of rotatable bonds is 2. The summed E-state index contributed by atoms with van der Waals surface area (Å²) in [4.78, 5) is 11.1. The van der Waals surface area contributed by atoms with Crippen molar-refractivity contribution in [2.75, 3.05) is 12.4 Å². The van der Waals surface area contributed by atoms with Gasteiger partial charge in [-0.05, 0) is 18.5 Å². The number of hydrogen-bond acceptors (Lipinski definition) is 4. The van der Waals surface area contributed by atoms with Crippen LogP contribution >= 0.6 is 11.6 Å². The van der Waals surface area contributed by atoms with Crippen LogP contribution in [0, 0.1) is 0 Å². The molecular formula is C6H8ClFN4. The second kappa shape index (κ2) is 3.62. The Bertz CT molecular complexity index is 278. The van der Waals surface area contributed by atoms with Crippen LogP contribution in [-0.2, 0) is 0 Å².